The SMILES string of the molecule is CN(Cc1ncc[nH]1)C(=O)c1cnccn1. The normalized spacial score (nSPS) is 10.1. The van der Waals surface area contributed by atoms with E-state index < -0.39 is 0 Å². The number of imidazole rings is 1. The number of nitrogens with one attached hydrogen (secondary N) is 1. The van der Waals surface area contributed by atoms with E-state index in [1.165, 1.54) is 23.5 Å². The minimum absolute atomic E-state index is 0.176. The lowest BCUT2D eigenvalue weighted by molar-refractivity contribution is 0.0775. The lowest BCUT2D eigenvalue weighted by atomic mass is 10.4. The first-order valence-corrected chi connectivity index (χ1v) is 4.77. The Kier molecular flexibility index (Phi) is 2.90. The van der Waals surface area contributed by atoms with Gasteiger partial charge in [-0.2, -0.15) is 0 Å². The second kappa shape index (κ2) is 4.52. The van der Waals surface area contributed by atoms with Gasteiger partial charge in [-0.25, -0.2) is 9.97 Å². The van der Waals surface area contributed by atoms with Crippen LogP contribution in [0.25, 0.3) is 0 Å². The maximum absolute atomic E-state index is 11.9. The first-order valence-electron chi connectivity index (χ1n) is 4.77. The predicted octanol–water partition coefficient (Wildman–Crippen LogP) is 0.472. The fourth-order valence-corrected chi connectivity index (χ4v) is 1.29. The molecule has 0 atom stereocenters. The van der Waals surface area contributed by atoms with E-state index in [-0.39, 0.29) is 5.91 Å². The summed E-state index contributed by atoms with van der Waals surface area (Å²) in [5, 5.41) is 0. The minimum Gasteiger partial charge on any atom is -0.347 e. The van der Waals surface area contributed by atoms with Crippen LogP contribution in [0.1, 0.15) is 16.3 Å². The molecule has 0 aromatic carbocycles. The van der Waals surface area contributed by atoms with Crippen molar-refractivity contribution in [1.29, 1.82) is 0 Å². The minimum atomic E-state index is -0.176. The maximum Gasteiger partial charge on any atom is 0.274 e. The van der Waals surface area contributed by atoms with Crippen molar-refractivity contribution in [3.8, 4) is 0 Å². The van der Waals surface area contributed by atoms with Crippen LogP contribution in [0, 0.1) is 0 Å². The third kappa shape index (κ3) is 2.22. The van der Waals surface area contributed by atoms with Crippen molar-refractivity contribution in [2.45, 2.75) is 6.54 Å². The molecular weight excluding hydrogens is 206 g/mol. The zero-order valence-electron chi connectivity index (χ0n) is 8.79. The molecule has 0 fully saturated rings. The highest BCUT2D eigenvalue weighted by Crippen LogP contribution is 2.01. The summed E-state index contributed by atoms with van der Waals surface area (Å²) in [7, 11) is 1.69. The van der Waals surface area contributed by atoms with Crippen molar-refractivity contribution in [3.05, 3.63) is 42.5 Å². The van der Waals surface area contributed by atoms with Gasteiger partial charge in [0, 0.05) is 31.8 Å². The highest BCUT2D eigenvalue weighted by molar-refractivity contribution is 5.91. The van der Waals surface area contributed by atoms with E-state index in [9.17, 15) is 4.79 Å². The van der Waals surface area contributed by atoms with Crippen molar-refractivity contribution in [2.24, 2.45) is 0 Å². The van der Waals surface area contributed by atoms with E-state index in [0.717, 1.165) is 5.82 Å². The molecule has 1 N–H and O–H groups in total. The third-order valence-corrected chi connectivity index (χ3v) is 2.07. The Bertz CT molecular complexity index is 453. The zero-order chi connectivity index (χ0) is 11.4. The average molecular weight is 217 g/mol. The molecule has 0 saturated heterocycles. The Morgan fingerprint density at radius 2 is 2.25 bits per heavy atom. The summed E-state index contributed by atoms with van der Waals surface area (Å²) in [5.74, 6) is 0.559. The van der Waals surface area contributed by atoms with Crippen LogP contribution in [0.3, 0.4) is 0 Å². The molecule has 1 amide bonds. The summed E-state index contributed by atoms with van der Waals surface area (Å²) in [6.45, 7) is 0.419. The van der Waals surface area contributed by atoms with Crippen LogP contribution < -0.4 is 0 Å². The lowest BCUT2D eigenvalue weighted by Gasteiger charge is -2.14. The number of hydrogen-bond donors (Lipinski definition) is 1. The molecule has 0 aliphatic heterocycles. The third-order valence-electron chi connectivity index (χ3n) is 2.07. The van der Waals surface area contributed by atoms with Crippen LogP contribution in [-0.2, 0) is 6.54 Å². The summed E-state index contributed by atoms with van der Waals surface area (Å²) >= 11 is 0. The molecule has 2 rings (SSSR count). The number of hydrogen-bond acceptors (Lipinski definition) is 4. The fourth-order valence-electron chi connectivity index (χ4n) is 1.29. The first-order chi connectivity index (χ1) is 7.77. The van der Waals surface area contributed by atoms with Gasteiger partial charge < -0.3 is 9.88 Å². The molecule has 16 heavy (non-hydrogen) atoms. The van der Waals surface area contributed by atoms with Crippen molar-refractivity contribution in [1.82, 2.24) is 24.8 Å². The molecular formula is C10H11N5O. The highest BCUT2D eigenvalue weighted by atomic mass is 16.2. The summed E-state index contributed by atoms with van der Waals surface area (Å²) in [6.07, 6.45) is 7.84. The van der Waals surface area contributed by atoms with E-state index in [2.05, 4.69) is 19.9 Å². The van der Waals surface area contributed by atoms with Gasteiger partial charge in [0.15, 0.2) is 0 Å². The Labute approximate surface area is 92.4 Å². The van der Waals surface area contributed by atoms with E-state index >= 15 is 0 Å². The number of aromatic amines is 1. The number of H-pyrrole nitrogens is 1. The summed E-state index contributed by atoms with van der Waals surface area (Å²) < 4.78 is 0. The van der Waals surface area contributed by atoms with Gasteiger partial charge in [0.05, 0.1) is 12.7 Å². The van der Waals surface area contributed by atoms with Crippen LogP contribution in [0.5, 0.6) is 0 Å². The van der Waals surface area contributed by atoms with Crippen molar-refractivity contribution >= 4 is 5.91 Å². The molecule has 0 unspecified atom stereocenters. The number of amides is 1. The quantitative estimate of drug-likeness (QED) is 0.811. The lowest BCUT2D eigenvalue weighted by Crippen LogP contribution is -2.27. The largest absolute Gasteiger partial charge is 0.347 e. The van der Waals surface area contributed by atoms with Gasteiger partial charge in [0.2, 0.25) is 0 Å². The molecule has 2 aromatic rings. The number of carbonyl (C=O) groups is 1. The van der Waals surface area contributed by atoms with Crippen LogP contribution in [-0.4, -0.2) is 37.8 Å². The summed E-state index contributed by atoms with van der Waals surface area (Å²) in [6, 6.07) is 0. The zero-order valence-corrected chi connectivity index (χ0v) is 8.79. The van der Waals surface area contributed by atoms with Crippen LogP contribution in [0.4, 0.5) is 0 Å². The number of aromatic nitrogens is 4. The molecule has 82 valence electrons. The molecule has 0 spiro atoms. The molecule has 0 bridgehead atoms. The van der Waals surface area contributed by atoms with Gasteiger partial charge in [-0.1, -0.05) is 0 Å². The second-order valence-electron chi connectivity index (χ2n) is 3.29. The van der Waals surface area contributed by atoms with Gasteiger partial charge >= 0.3 is 0 Å². The molecule has 6 heteroatoms. The Morgan fingerprint density at radius 1 is 1.38 bits per heavy atom. The molecule has 0 aliphatic carbocycles. The Morgan fingerprint density at radius 3 is 2.88 bits per heavy atom. The van der Waals surface area contributed by atoms with Gasteiger partial charge in [-0.15, -0.1) is 0 Å². The molecule has 2 heterocycles. The van der Waals surface area contributed by atoms with E-state index in [0.29, 0.717) is 12.2 Å². The standard InChI is InChI=1S/C10H11N5O/c1-15(7-9-13-4-5-14-9)10(16)8-6-11-2-3-12-8/h2-6H,7H2,1H3,(H,13,14). The van der Waals surface area contributed by atoms with Crippen LogP contribution >= 0.6 is 0 Å². The molecule has 2 aromatic heterocycles. The predicted molar refractivity (Wildman–Crippen MR) is 56.4 cm³/mol. The number of carbonyl (C=O) groups excluding carboxylic acids is 1. The molecule has 6 nitrogen and oxygen atoms in total. The number of rotatable bonds is 3. The first kappa shape index (κ1) is 10.3. The Hall–Kier alpha value is -2.24. The Balaban J connectivity index is 2.05. The molecule has 0 radical (unpaired) electrons. The smallest absolute Gasteiger partial charge is 0.274 e. The fraction of sp³-hybridized carbons (Fsp3) is 0.200. The summed E-state index contributed by atoms with van der Waals surface area (Å²) in [4.78, 5) is 28.2. The van der Waals surface area contributed by atoms with Gasteiger partial charge in [0.1, 0.15) is 11.5 Å². The van der Waals surface area contributed by atoms with Crippen LogP contribution in [0.15, 0.2) is 31.0 Å². The monoisotopic (exact) mass is 217 g/mol. The van der Waals surface area contributed by atoms with Crippen molar-refractivity contribution < 1.29 is 4.79 Å². The topological polar surface area (TPSA) is 74.8 Å². The maximum atomic E-state index is 11.9. The molecule has 0 saturated carbocycles. The van der Waals surface area contributed by atoms with Gasteiger partial charge in [-0.05, 0) is 0 Å². The van der Waals surface area contributed by atoms with Gasteiger partial charge in [0.25, 0.3) is 5.91 Å². The summed E-state index contributed by atoms with van der Waals surface area (Å²) in [5.41, 5.74) is 0.330. The van der Waals surface area contributed by atoms with E-state index in [1.807, 2.05) is 0 Å². The second-order valence-corrected chi connectivity index (χ2v) is 3.29. The number of nitrogens with zero attached hydrogens (tertiary/aromatic N) is 4. The van der Waals surface area contributed by atoms with Crippen molar-refractivity contribution in [3.63, 3.8) is 0 Å². The highest BCUT2D eigenvalue weighted by Gasteiger charge is 2.13. The molecule has 0 aliphatic rings. The van der Waals surface area contributed by atoms with Crippen LogP contribution in [0.2, 0.25) is 0 Å². The van der Waals surface area contributed by atoms with Crippen molar-refractivity contribution in [2.75, 3.05) is 7.05 Å². The van der Waals surface area contributed by atoms with E-state index in [1.54, 1.807) is 19.4 Å². The van der Waals surface area contributed by atoms with E-state index in [4.69, 9.17) is 0 Å². The average Bonchev–Trinajstić information content (AvgIpc) is 2.82. The van der Waals surface area contributed by atoms with Gasteiger partial charge in [-0.3, -0.25) is 9.78 Å².